The Morgan fingerprint density at radius 1 is 1.05 bits per heavy atom. The van der Waals surface area contributed by atoms with Gasteiger partial charge in [0.05, 0.1) is 10.0 Å². The molecule has 0 spiro atoms. The van der Waals surface area contributed by atoms with E-state index in [1.165, 1.54) is 5.56 Å². The fourth-order valence-electron chi connectivity index (χ4n) is 2.70. The number of hydrogen-bond acceptors (Lipinski definition) is 2. The summed E-state index contributed by atoms with van der Waals surface area (Å²) in [6.45, 7) is 0.504. The van der Waals surface area contributed by atoms with Crippen LogP contribution < -0.4 is 5.32 Å². The van der Waals surface area contributed by atoms with Crippen LogP contribution in [0.2, 0.25) is 10.0 Å². The third kappa shape index (κ3) is 3.36. The highest BCUT2D eigenvalue weighted by Crippen LogP contribution is 2.38. The number of aliphatic hydroxyl groups is 1. The molecule has 0 radical (unpaired) electrons. The second kappa shape index (κ2) is 6.55. The van der Waals surface area contributed by atoms with Crippen LogP contribution in [0.3, 0.4) is 0 Å². The maximum absolute atomic E-state index is 10.8. The van der Waals surface area contributed by atoms with E-state index in [2.05, 4.69) is 17.4 Å². The summed E-state index contributed by atoms with van der Waals surface area (Å²) in [6, 6.07) is 15.6. The van der Waals surface area contributed by atoms with Crippen molar-refractivity contribution in [1.29, 1.82) is 0 Å². The fourth-order valence-corrected chi connectivity index (χ4v) is 3.00. The predicted molar refractivity (Wildman–Crippen MR) is 89.4 cm³/mol. The highest BCUT2D eigenvalue weighted by atomic mass is 35.5. The Hall–Kier alpha value is -0.770. The molecule has 3 rings (SSSR count). The third-order valence-corrected chi connectivity index (χ3v) is 4.58. The first-order chi connectivity index (χ1) is 9.58. The Morgan fingerprint density at radius 3 is 2.43 bits per heavy atom. The van der Waals surface area contributed by atoms with Crippen LogP contribution in [0.15, 0.2) is 48.5 Å². The van der Waals surface area contributed by atoms with Crippen molar-refractivity contribution >= 4 is 35.6 Å². The molecule has 1 aliphatic heterocycles. The number of benzene rings is 2. The molecule has 1 aliphatic rings. The van der Waals surface area contributed by atoms with Gasteiger partial charge in [-0.25, -0.2) is 0 Å². The summed E-state index contributed by atoms with van der Waals surface area (Å²) in [5.74, 6) is 0. The van der Waals surface area contributed by atoms with Gasteiger partial charge in [0.1, 0.15) is 5.60 Å². The highest BCUT2D eigenvalue weighted by molar-refractivity contribution is 6.42. The molecular weight excluding hydrogens is 329 g/mol. The largest absolute Gasteiger partial charge is 0.384 e. The lowest BCUT2D eigenvalue weighted by molar-refractivity contribution is 0.0559. The second-order valence-electron chi connectivity index (χ2n) is 5.21. The molecule has 1 saturated heterocycles. The molecule has 21 heavy (non-hydrogen) atoms. The summed E-state index contributed by atoms with van der Waals surface area (Å²) in [4.78, 5) is 0. The summed E-state index contributed by atoms with van der Waals surface area (Å²) in [7, 11) is 0. The first kappa shape index (κ1) is 16.6. The zero-order chi connectivity index (χ0) is 14.2. The van der Waals surface area contributed by atoms with Crippen LogP contribution in [0.25, 0.3) is 0 Å². The van der Waals surface area contributed by atoms with Gasteiger partial charge in [0.25, 0.3) is 0 Å². The van der Waals surface area contributed by atoms with E-state index in [0.29, 0.717) is 23.0 Å². The fraction of sp³-hybridized carbons (Fsp3) is 0.250. The minimum Gasteiger partial charge on any atom is -0.384 e. The van der Waals surface area contributed by atoms with Crippen molar-refractivity contribution in [2.24, 2.45) is 0 Å². The first-order valence-corrected chi connectivity index (χ1v) is 7.30. The second-order valence-corrected chi connectivity index (χ2v) is 6.02. The Kier molecular flexibility index (Phi) is 5.18. The number of β-amino-alcohol motifs (C(OH)–C–C–N with tert-alkyl or cyclic N) is 1. The van der Waals surface area contributed by atoms with Crippen molar-refractivity contribution in [3.8, 4) is 0 Å². The summed E-state index contributed by atoms with van der Waals surface area (Å²) >= 11 is 12.0. The van der Waals surface area contributed by atoms with E-state index < -0.39 is 5.60 Å². The summed E-state index contributed by atoms with van der Waals surface area (Å²) in [5.41, 5.74) is 1.08. The SMILES string of the molecule is Cl.OC1(c2ccc(Cl)c(Cl)c2)CNC(c2ccccc2)C1. The Morgan fingerprint density at radius 2 is 1.76 bits per heavy atom. The average molecular weight is 345 g/mol. The van der Waals surface area contributed by atoms with Crippen LogP contribution in [0.5, 0.6) is 0 Å². The molecule has 112 valence electrons. The van der Waals surface area contributed by atoms with Crippen LogP contribution >= 0.6 is 35.6 Å². The summed E-state index contributed by atoms with van der Waals surface area (Å²) in [6.07, 6.45) is 0.620. The lowest BCUT2D eigenvalue weighted by Gasteiger charge is -2.23. The molecule has 1 heterocycles. The lowest BCUT2D eigenvalue weighted by Crippen LogP contribution is -2.28. The topological polar surface area (TPSA) is 32.3 Å². The van der Waals surface area contributed by atoms with E-state index in [-0.39, 0.29) is 18.4 Å². The normalized spacial score (nSPS) is 24.6. The smallest absolute Gasteiger partial charge is 0.104 e. The van der Waals surface area contributed by atoms with Gasteiger partial charge in [-0.3, -0.25) is 0 Å². The number of halogens is 3. The maximum Gasteiger partial charge on any atom is 0.104 e. The quantitative estimate of drug-likeness (QED) is 0.849. The predicted octanol–water partition coefficient (Wildman–Crippen LogP) is 4.34. The number of nitrogens with one attached hydrogen (secondary N) is 1. The van der Waals surface area contributed by atoms with E-state index in [0.717, 1.165) is 5.56 Å². The molecule has 2 aromatic carbocycles. The van der Waals surface area contributed by atoms with Crippen LogP contribution in [-0.4, -0.2) is 11.7 Å². The van der Waals surface area contributed by atoms with Crippen LogP contribution in [-0.2, 0) is 5.60 Å². The van der Waals surface area contributed by atoms with Crippen molar-refractivity contribution in [2.45, 2.75) is 18.1 Å². The van der Waals surface area contributed by atoms with Gasteiger partial charge in [0, 0.05) is 19.0 Å². The van der Waals surface area contributed by atoms with Crippen molar-refractivity contribution in [1.82, 2.24) is 5.32 Å². The van der Waals surface area contributed by atoms with E-state index >= 15 is 0 Å². The molecule has 0 bridgehead atoms. The standard InChI is InChI=1S/C16H15Cl2NO.ClH/c17-13-7-6-12(8-14(13)18)16(20)9-15(19-10-16)11-4-2-1-3-5-11;/h1-8,15,19-20H,9-10H2;1H. The minimum atomic E-state index is -0.908. The highest BCUT2D eigenvalue weighted by Gasteiger charge is 2.39. The van der Waals surface area contributed by atoms with Gasteiger partial charge >= 0.3 is 0 Å². The van der Waals surface area contributed by atoms with Crippen LogP contribution in [0.4, 0.5) is 0 Å². The molecular formula is C16H16Cl3NO. The molecule has 2 nitrogen and oxygen atoms in total. The van der Waals surface area contributed by atoms with Crippen molar-refractivity contribution in [3.05, 3.63) is 69.7 Å². The zero-order valence-corrected chi connectivity index (χ0v) is 13.6. The van der Waals surface area contributed by atoms with Gasteiger partial charge in [-0.1, -0.05) is 59.6 Å². The lowest BCUT2D eigenvalue weighted by atomic mass is 9.89. The molecule has 2 N–H and O–H groups in total. The van der Waals surface area contributed by atoms with Crippen LogP contribution in [0.1, 0.15) is 23.6 Å². The number of rotatable bonds is 2. The Balaban J connectivity index is 0.00000161. The molecule has 2 atom stereocenters. The first-order valence-electron chi connectivity index (χ1n) is 6.55. The average Bonchev–Trinajstić information content (AvgIpc) is 2.87. The molecule has 0 aromatic heterocycles. The molecule has 0 saturated carbocycles. The van der Waals surface area contributed by atoms with Gasteiger partial charge in [0.15, 0.2) is 0 Å². The summed E-state index contributed by atoms with van der Waals surface area (Å²) < 4.78 is 0. The van der Waals surface area contributed by atoms with E-state index in [9.17, 15) is 5.11 Å². The molecule has 5 heteroatoms. The molecule has 1 fully saturated rings. The Bertz CT molecular complexity index is 620. The van der Waals surface area contributed by atoms with Gasteiger partial charge in [-0.2, -0.15) is 0 Å². The third-order valence-electron chi connectivity index (χ3n) is 3.84. The maximum atomic E-state index is 10.8. The van der Waals surface area contributed by atoms with Crippen molar-refractivity contribution in [2.75, 3.05) is 6.54 Å². The zero-order valence-electron chi connectivity index (χ0n) is 11.2. The summed E-state index contributed by atoms with van der Waals surface area (Å²) in [5, 5.41) is 15.2. The van der Waals surface area contributed by atoms with Gasteiger partial charge in [-0.05, 0) is 23.3 Å². The monoisotopic (exact) mass is 343 g/mol. The van der Waals surface area contributed by atoms with Crippen LogP contribution in [0, 0.1) is 0 Å². The van der Waals surface area contributed by atoms with Crippen molar-refractivity contribution < 1.29 is 5.11 Å². The van der Waals surface area contributed by atoms with Gasteiger partial charge in [0.2, 0.25) is 0 Å². The van der Waals surface area contributed by atoms with Crippen molar-refractivity contribution in [3.63, 3.8) is 0 Å². The molecule has 2 unspecified atom stereocenters. The molecule has 0 aliphatic carbocycles. The van der Waals surface area contributed by atoms with Gasteiger partial charge in [-0.15, -0.1) is 12.4 Å². The molecule has 2 aromatic rings. The van der Waals surface area contributed by atoms with E-state index in [1.807, 2.05) is 24.3 Å². The van der Waals surface area contributed by atoms with Gasteiger partial charge < -0.3 is 10.4 Å². The molecule has 0 amide bonds. The minimum absolute atomic E-state index is 0. The van der Waals surface area contributed by atoms with E-state index in [1.54, 1.807) is 12.1 Å². The number of hydrogen-bond donors (Lipinski definition) is 2. The van der Waals surface area contributed by atoms with E-state index in [4.69, 9.17) is 23.2 Å². The Labute approximate surface area is 140 Å².